The van der Waals surface area contributed by atoms with Gasteiger partial charge in [0.15, 0.2) is 11.3 Å². The van der Waals surface area contributed by atoms with Gasteiger partial charge in [-0.15, -0.1) is 0 Å². The van der Waals surface area contributed by atoms with E-state index in [1.807, 2.05) is 13.8 Å². The Labute approximate surface area is 393 Å². The first-order valence-corrected chi connectivity index (χ1v) is 23.5. The molecule has 3 aliphatic rings. The third kappa shape index (κ3) is 12.1. The Morgan fingerprint density at radius 1 is 0.971 bits per heavy atom. The zero-order chi connectivity index (χ0) is 50.3. The second-order valence-corrected chi connectivity index (χ2v) is 21.6. The number of carbonyl (C=O) groups is 4. The number of benzene rings is 2. The maximum Gasteiger partial charge on any atom is 0.531 e. The maximum absolute atomic E-state index is 14.6. The van der Waals surface area contributed by atoms with Gasteiger partial charge in [0, 0.05) is 56.0 Å². The number of fused-ring (bicyclic) bond motifs is 5. The number of phosphoric ester groups is 1. The number of nitrogens with zero attached hydrogens (tertiary/aromatic N) is 4. The fourth-order valence-corrected chi connectivity index (χ4v) is 9.86. The highest BCUT2D eigenvalue weighted by Crippen LogP contribution is 2.56. The first-order chi connectivity index (χ1) is 31.5. The quantitative estimate of drug-likeness (QED) is 0.0972. The largest absolute Gasteiger partial charge is 0.531 e. The first-order valence-electron chi connectivity index (χ1n) is 22.1. The molecule has 21 heteroatoms. The van der Waals surface area contributed by atoms with Gasteiger partial charge in [-0.1, -0.05) is 17.3 Å². The van der Waals surface area contributed by atoms with Crippen molar-refractivity contribution in [2.75, 3.05) is 20.4 Å². The number of hydrogen-bond acceptors (Lipinski definition) is 14. The van der Waals surface area contributed by atoms with Crippen LogP contribution in [0.15, 0.2) is 52.5 Å². The number of amides is 3. The van der Waals surface area contributed by atoms with Gasteiger partial charge in [-0.25, -0.2) is 22.9 Å². The molecule has 3 aromatic rings. The Balaban J connectivity index is 1.30. The van der Waals surface area contributed by atoms with Crippen molar-refractivity contribution in [3.05, 3.63) is 92.4 Å². The fraction of sp³-hybridized carbons (Fsp3) is 0.532. The number of pyridine rings is 1. The summed E-state index contributed by atoms with van der Waals surface area (Å²) in [4.78, 5) is 78.2. The Morgan fingerprint density at radius 2 is 1.63 bits per heavy atom. The van der Waals surface area contributed by atoms with E-state index < -0.39 is 102 Å². The Morgan fingerprint density at radius 3 is 2.24 bits per heavy atom. The molecule has 1 saturated heterocycles. The van der Waals surface area contributed by atoms with Gasteiger partial charge in [0.2, 0.25) is 18.0 Å². The van der Waals surface area contributed by atoms with Crippen LogP contribution in [0.2, 0.25) is 0 Å². The van der Waals surface area contributed by atoms with Crippen molar-refractivity contribution < 1.29 is 65.1 Å². The second-order valence-electron chi connectivity index (χ2n) is 20.2. The van der Waals surface area contributed by atoms with Gasteiger partial charge in [0.25, 0.3) is 11.8 Å². The third-order valence-electron chi connectivity index (χ3n) is 10.9. The standard InChI is InChI=1S/C47H60F2N5O13P/c1-27-21-47(65-51-27)18-17-28(2)53-25-36(47)54-24-33(40(56)50-22-30-15-16-32(48)20-34(30)49)38(55)39(37(54)41(53)57)61-26-62-43(59)52(12)23-31-14-13-29(42(58)63-44(3,4)5)19-35(31)64-68(60,66-45(6,7)8)67-46(9,10)11/h13-16,19-20,24,28,36H,17-18,21-23,25-26H2,1-12H3,(H,50,56)/t28-,36+,47-/m0/s1. The van der Waals surface area contributed by atoms with Crippen LogP contribution in [0.4, 0.5) is 13.6 Å². The van der Waals surface area contributed by atoms with E-state index in [0.717, 1.165) is 17.0 Å². The minimum absolute atomic E-state index is 0.0386. The summed E-state index contributed by atoms with van der Waals surface area (Å²) in [6.45, 7) is 17.2. The van der Waals surface area contributed by atoms with Gasteiger partial charge in [-0.05, 0) is 107 Å². The smallest absolute Gasteiger partial charge is 0.456 e. The van der Waals surface area contributed by atoms with Gasteiger partial charge in [0.05, 0.1) is 35.1 Å². The van der Waals surface area contributed by atoms with Crippen LogP contribution in [0, 0.1) is 11.6 Å². The molecule has 0 radical (unpaired) electrons. The average Bonchev–Trinajstić information content (AvgIpc) is 3.53. The molecule has 0 unspecified atom stereocenters. The van der Waals surface area contributed by atoms with Crippen LogP contribution < -0.4 is 20.0 Å². The number of phosphoric acid groups is 1. The lowest BCUT2D eigenvalue weighted by atomic mass is 9.84. The van der Waals surface area contributed by atoms with Crippen molar-refractivity contribution in [3.63, 3.8) is 0 Å². The predicted molar refractivity (Wildman–Crippen MR) is 244 cm³/mol. The number of halogens is 2. The van der Waals surface area contributed by atoms with Crippen LogP contribution in [0.3, 0.4) is 0 Å². The molecule has 1 aromatic heterocycles. The Bertz CT molecular complexity index is 2600. The molecule has 3 amide bonds. The number of nitrogens with one attached hydrogen (secondary N) is 1. The highest BCUT2D eigenvalue weighted by molar-refractivity contribution is 7.49. The van der Waals surface area contributed by atoms with Crippen molar-refractivity contribution in [2.45, 2.75) is 143 Å². The average molecular weight is 972 g/mol. The highest BCUT2D eigenvalue weighted by Gasteiger charge is 2.54. The number of esters is 1. The van der Waals surface area contributed by atoms with Crippen LogP contribution in [0.1, 0.15) is 144 Å². The van der Waals surface area contributed by atoms with E-state index in [2.05, 4.69) is 10.5 Å². The first kappa shape index (κ1) is 51.5. The molecule has 3 aliphatic heterocycles. The molecule has 4 heterocycles. The number of aromatic nitrogens is 1. The molecule has 18 nitrogen and oxygen atoms in total. The molecule has 1 spiro atoms. The molecule has 370 valence electrons. The van der Waals surface area contributed by atoms with Crippen molar-refractivity contribution >= 4 is 37.4 Å². The molecule has 6 rings (SSSR count). The summed E-state index contributed by atoms with van der Waals surface area (Å²) in [6.07, 6.45) is 1.63. The van der Waals surface area contributed by atoms with Crippen LogP contribution in [0.25, 0.3) is 0 Å². The summed E-state index contributed by atoms with van der Waals surface area (Å²) >= 11 is 0. The number of carbonyl (C=O) groups excluding carboxylic acids is 4. The maximum atomic E-state index is 14.6. The van der Waals surface area contributed by atoms with Gasteiger partial charge in [-0.2, -0.15) is 0 Å². The Hall–Kier alpha value is -5.85. The summed E-state index contributed by atoms with van der Waals surface area (Å²) in [7, 11) is -3.08. The zero-order valence-corrected chi connectivity index (χ0v) is 41.3. The molecule has 68 heavy (non-hydrogen) atoms. The lowest BCUT2D eigenvalue weighted by molar-refractivity contribution is -0.0657. The van der Waals surface area contributed by atoms with Crippen molar-refractivity contribution in [1.29, 1.82) is 0 Å². The molecular formula is C47H60F2N5O13P. The van der Waals surface area contributed by atoms with Gasteiger partial charge < -0.3 is 43.3 Å². The van der Waals surface area contributed by atoms with Gasteiger partial charge in [0.1, 0.15) is 28.5 Å². The summed E-state index contributed by atoms with van der Waals surface area (Å²) in [5, 5.41) is 6.73. The third-order valence-corrected chi connectivity index (χ3v) is 12.9. The van der Waals surface area contributed by atoms with Crippen LogP contribution in [0.5, 0.6) is 11.5 Å². The van der Waals surface area contributed by atoms with E-state index in [9.17, 15) is 37.3 Å². The summed E-state index contributed by atoms with van der Waals surface area (Å²) in [5.41, 5.74) is -4.65. The molecular weight excluding hydrogens is 912 g/mol. The lowest BCUT2D eigenvalue weighted by Gasteiger charge is -2.42. The molecule has 2 aromatic carbocycles. The number of oxime groups is 1. The minimum Gasteiger partial charge on any atom is -0.456 e. The molecule has 0 saturated carbocycles. The van der Waals surface area contributed by atoms with E-state index in [1.54, 1.807) is 67.2 Å². The lowest BCUT2D eigenvalue weighted by Crippen LogP contribution is -2.52. The van der Waals surface area contributed by atoms with E-state index in [-0.39, 0.29) is 47.3 Å². The topological polar surface area (TPSA) is 203 Å². The highest BCUT2D eigenvalue weighted by atomic mass is 31.2. The second kappa shape index (κ2) is 19.3. The fourth-order valence-electron chi connectivity index (χ4n) is 7.99. The van der Waals surface area contributed by atoms with Crippen molar-refractivity contribution in [1.82, 2.24) is 19.7 Å². The molecule has 3 atom stereocenters. The van der Waals surface area contributed by atoms with E-state index >= 15 is 0 Å². The minimum atomic E-state index is -4.44. The number of rotatable bonds is 13. The summed E-state index contributed by atoms with van der Waals surface area (Å²) in [5.74, 6) is -4.70. The number of hydrogen-bond donors (Lipinski definition) is 1. The summed E-state index contributed by atoms with van der Waals surface area (Å²) in [6, 6.07) is 6.08. The number of ether oxygens (including phenoxy) is 3. The monoisotopic (exact) mass is 971 g/mol. The van der Waals surface area contributed by atoms with E-state index in [1.165, 1.54) is 36.0 Å². The van der Waals surface area contributed by atoms with Gasteiger partial charge in [-0.3, -0.25) is 23.4 Å². The molecule has 1 fully saturated rings. The zero-order valence-electron chi connectivity index (χ0n) is 40.4. The van der Waals surface area contributed by atoms with Gasteiger partial charge >= 0.3 is 19.9 Å². The molecule has 2 bridgehead atoms. The molecule has 1 N–H and O–H groups in total. The molecule has 0 aliphatic carbocycles. The van der Waals surface area contributed by atoms with Crippen molar-refractivity contribution in [3.8, 4) is 11.5 Å². The summed E-state index contributed by atoms with van der Waals surface area (Å²) < 4.78 is 78.6. The van der Waals surface area contributed by atoms with Crippen LogP contribution >= 0.6 is 7.82 Å². The SMILES string of the molecule is CC1=NO[C@@]2(CC[C@H](C)N3C[C@H]2n2cc(C(=O)NCc4ccc(F)cc4F)c(=O)c(OCOC(=O)N(C)Cc4ccc(C(=O)OC(C)(C)C)cc4OP(=O)(OC(C)(C)C)OC(C)(C)C)c2C3=O)C1. The van der Waals surface area contributed by atoms with E-state index in [0.29, 0.717) is 31.0 Å². The predicted octanol–water partition coefficient (Wildman–Crippen LogP) is 8.45. The van der Waals surface area contributed by atoms with Crippen LogP contribution in [-0.2, 0) is 41.0 Å². The van der Waals surface area contributed by atoms with Crippen molar-refractivity contribution in [2.24, 2.45) is 5.16 Å². The van der Waals surface area contributed by atoms with Crippen LogP contribution in [-0.4, -0.2) is 92.8 Å². The van der Waals surface area contributed by atoms with E-state index in [4.69, 9.17) is 32.6 Å². The Kier molecular flexibility index (Phi) is 14.6. The normalized spacial score (nSPS) is 19.4.